The summed E-state index contributed by atoms with van der Waals surface area (Å²) in [6.45, 7) is 1.94. The number of methoxy groups -OCH3 is 1. The Morgan fingerprint density at radius 3 is 2.53 bits per heavy atom. The number of carbonyl (C=O) groups is 1. The molecule has 5 nitrogen and oxygen atoms in total. The molecule has 1 aromatic heterocycles. The standard InChI is InChI=1S/C26H19ClN2O3/c1-15-7-8-18(12-21(15)27)26-29-22-14-19(9-10-23(22)32-26)28-25(30)20-11-16-5-3-4-6-17(16)13-24(20)31-2/h3-14H,1-2H3,(H,28,30). The van der Waals surface area contributed by atoms with E-state index in [1.807, 2.05) is 61.5 Å². The highest BCUT2D eigenvalue weighted by Crippen LogP contribution is 2.30. The molecule has 0 aliphatic carbocycles. The Bertz CT molecular complexity index is 1490. The maximum Gasteiger partial charge on any atom is 0.259 e. The summed E-state index contributed by atoms with van der Waals surface area (Å²) < 4.78 is 11.3. The molecule has 158 valence electrons. The third kappa shape index (κ3) is 3.67. The number of hydrogen-bond donors (Lipinski definition) is 1. The second-order valence-corrected chi connectivity index (χ2v) is 7.93. The van der Waals surface area contributed by atoms with Gasteiger partial charge in [0.25, 0.3) is 5.91 Å². The van der Waals surface area contributed by atoms with Gasteiger partial charge in [-0.2, -0.15) is 0 Å². The van der Waals surface area contributed by atoms with Crippen molar-refractivity contribution in [1.29, 1.82) is 0 Å². The Hall–Kier alpha value is -3.83. The summed E-state index contributed by atoms with van der Waals surface area (Å²) in [4.78, 5) is 17.6. The quantitative estimate of drug-likeness (QED) is 0.330. The van der Waals surface area contributed by atoms with Gasteiger partial charge in [0.1, 0.15) is 11.3 Å². The van der Waals surface area contributed by atoms with E-state index in [9.17, 15) is 4.79 Å². The molecule has 5 rings (SSSR count). The van der Waals surface area contributed by atoms with Crippen molar-refractivity contribution in [1.82, 2.24) is 4.98 Å². The third-order valence-electron chi connectivity index (χ3n) is 5.38. The predicted molar refractivity (Wildman–Crippen MR) is 128 cm³/mol. The van der Waals surface area contributed by atoms with Crippen molar-refractivity contribution in [2.24, 2.45) is 0 Å². The molecule has 5 aromatic rings. The van der Waals surface area contributed by atoms with Crippen LogP contribution in [0.25, 0.3) is 33.3 Å². The number of halogens is 1. The zero-order chi connectivity index (χ0) is 22.2. The van der Waals surface area contributed by atoms with Crippen LogP contribution in [0.4, 0.5) is 5.69 Å². The van der Waals surface area contributed by atoms with E-state index in [4.69, 9.17) is 20.8 Å². The number of aryl methyl sites for hydroxylation is 1. The maximum atomic E-state index is 13.0. The van der Waals surface area contributed by atoms with Crippen molar-refractivity contribution in [3.63, 3.8) is 0 Å². The number of rotatable bonds is 4. The van der Waals surface area contributed by atoms with Gasteiger partial charge in [0.15, 0.2) is 5.58 Å². The van der Waals surface area contributed by atoms with Gasteiger partial charge in [0.2, 0.25) is 5.89 Å². The van der Waals surface area contributed by atoms with Crippen LogP contribution in [0.1, 0.15) is 15.9 Å². The Balaban J connectivity index is 1.46. The summed E-state index contributed by atoms with van der Waals surface area (Å²) in [5.41, 5.74) is 4.11. The van der Waals surface area contributed by atoms with Crippen LogP contribution < -0.4 is 10.1 Å². The van der Waals surface area contributed by atoms with Crippen LogP contribution in [0.2, 0.25) is 5.02 Å². The third-order valence-corrected chi connectivity index (χ3v) is 5.78. The van der Waals surface area contributed by atoms with Crippen molar-refractivity contribution in [3.8, 4) is 17.2 Å². The lowest BCUT2D eigenvalue weighted by molar-refractivity contribution is 0.102. The van der Waals surface area contributed by atoms with E-state index in [1.54, 1.807) is 25.3 Å². The minimum atomic E-state index is -0.263. The average Bonchev–Trinajstić information content (AvgIpc) is 3.23. The molecule has 4 aromatic carbocycles. The number of nitrogens with zero attached hydrogens (tertiary/aromatic N) is 1. The van der Waals surface area contributed by atoms with Crippen LogP contribution in [0, 0.1) is 6.92 Å². The number of oxazole rings is 1. The lowest BCUT2D eigenvalue weighted by Gasteiger charge is -2.11. The lowest BCUT2D eigenvalue weighted by Crippen LogP contribution is -2.13. The Morgan fingerprint density at radius 2 is 1.78 bits per heavy atom. The Morgan fingerprint density at radius 1 is 1.00 bits per heavy atom. The van der Waals surface area contributed by atoms with Crippen LogP contribution in [0.15, 0.2) is 77.2 Å². The minimum Gasteiger partial charge on any atom is -0.496 e. The summed E-state index contributed by atoms with van der Waals surface area (Å²) in [6.07, 6.45) is 0. The zero-order valence-corrected chi connectivity index (χ0v) is 18.2. The highest BCUT2D eigenvalue weighted by atomic mass is 35.5. The summed E-state index contributed by atoms with van der Waals surface area (Å²) >= 11 is 6.24. The van der Waals surface area contributed by atoms with Crippen molar-refractivity contribution >= 4 is 45.1 Å². The first-order chi connectivity index (χ1) is 15.5. The number of ether oxygens (including phenoxy) is 1. The molecule has 1 N–H and O–H groups in total. The average molecular weight is 443 g/mol. The maximum absolute atomic E-state index is 13.0. The smallest absolute Gasteiger partial charge is 0.259 e. The van der Waals surface area contributed by atoms with E-state index in [1.165, 1.54) is 0 Å². The molecule has 0 unspecified atom stereocenters. The molecule has 0 bridgehead atoms. The fourth-order valence-electron chi connectivity index (χ4n) is 3.62. The highest BCUT2D eigenvalue weighted by Gasteiger charge is 2.15. The van der Waals surface area contributed by atoms with E-state index in [0.29, 0.717) is 39.0 Å². The van der Waals surface area contributed by atoms with Crippen molar-refractivity contribution in [2.75, 3.05) is 12.4 Å². The normalized spacial score (nSPS) is 11.1. The van der Waals surface area contributed by atoms with Gasteiger partial charge in [0.05, 0.1) is 12.7 Å². The molecule has 32 heavy (non-hydrogen) atoms. The van der Waals surface area contributed by atoms with Crippen molar-refractivity contribution < 1.29 is 13.9 Å². The molecule has 6 heteroatoms. The SMILES string of the molecule is COc1cc2ccccc2cc1C(=O)Nc1ccc2oc(-c3ccc(C)c(Cl)c3)nc2c1. The van der Waals surface area contributed by atoms with E-state index < -0.39 is 0 Å². The van der Waals surface area contributed by atoms with Gasteiger partial charge >= 0.3 is 0 Å². The number of amides is 1. The van der Waals surface area contributed by atoms with Crippen LogP contribution in [0.3, 0.4) is 0 Å². The highest BCUT2D eigenvalue weighted by molar-refractivity contribution is 6.31. The second kappa shape index (κ2) is 8.02. The fraction of sp³-hybridized carbons (Fsp3) is 0.0769. The molecule has 0 radical (unpaired) electrons. The fourth-order valence-corrected chi connectivity index (χ4v) is 3.80. The van der Waals surface area contributed by atoms with Crippen LogP contribution >= 0.6 is 11.6 Å². The zero-order valence-electron chi connectivity index (χ0n) is 17.5. The second-order valence-electron chi connectivity index (χ2n) is 7.52. The molecule has 1 amide bonds. The monoisotopic (exact) mass is 442 g/mol. The van der Waals surface area contributed by atoms with Crippen molar-refractivity contribution in [2.45, 2.75) is 6.92 Å². The Labute approximate surface area is 189 Å². The van der Waals surface area contributed by atoms with Gasteiger partial charge in [0, 0.05) is 16.3 Å². The van der Waals surface area contributed by atoms with Crippen LogP contribution in [0.5, 0.6) is 5.75 Å². The minimum absolute atomic E-state index is 0.263. The van der Waals surface area contributed by atoms with Gasteiger partial charge in [-0.1, -0.05) is 41.9 Å². The number of anilines is 1. The molecule has 0 aliphatic heterocycles. The summed E-state index contributed by atoms with van der Waals surface area (Å²) in [5.74, 6) is 0.727. The topological polar surface area (TPSA) is 64.4 Å². The molecular formula is C26H19ClN2O3. The molecule has 0 fully saturated rings. The van der Waals surface area contributed by atoms with Crippen LogP contribution in [-0.4, -0.2) is 18.0 Å². The molecular weight excluding hydrogens is 424 g/mol. The number of aromatic nitrogens is 1. The van der Waals surface area contributed by atoms with Gasteiger partial charge in [-0.25, -0.2) is 4.98 Å². The van der Waals surface area contributed by atoms with Gasteiger partial charge in [-0.3, -0.25) is 4.79 Å². The molecule has 1 heterocycles. The van der Waals surface area contributed by atoms with Crippen molar-refractivity contribution in [3.05, 3.63) is 88.9 Å². The number of carbonyl (C=O) groups excluding carboxylic acids is 1. The summed E-state index contributed by atoms with van der Waals surface area (Å²) in [6, 6.07) is 22.6. The number of benzene rings is 4. The van der Waals surface area contributed by atoms with E-state index in [2.05, 4.69) is 10.3 Å². The summed E-state index contributed by atoms with van der Waals surface area (Å²) in [7, 11) is 1.56. The van der Waals surface area contributed by atoms with Crippen LogP contribution in [-0.2, 0) is 0 Å². The Kier molecular flexibility index (Phi) is 5.04. The molecule has 0 saturated heterocycles. The summed E-state index contributed by atoms with van der Waals surface area (Å²) in [5, 5.41) is 5.56. The first-order valence-electron chi connectivity index (χ1n) is 10.1. The van der Waals surface area contributed by atoms with E-state index in [0.717, 1.165) is 21.9 Å². The number of nitrogens with one attached hydrogen (secondary N) is 1. The molecule has 0 atom stereocenters. The van der Waals surface area contributed by atoms with Gasteiger partial charge < -0.3 is 14.5 Å². The largest absolute Gasteiger partial charge is 0.496 e. The van der Waals surface area contributed by atoms with E-state index >= 15 is 0 Å². The predicted octanol–water partition coefficient (Wildman–Crippen LogP) is 6.87. The number of hydrogen-bond acceptors (Lipinski definition) is 4. The van der Waals surface area contributed by atoms with E-state index in [-0.39, 0.29) is 5.91 Å². The van der Waals surface area contributed by atoms with Gasteiger partial charge in [-0.15, -0.1) is 0 Å². The first kappa shape index (κ1) is 20.1. The van der Waals surface area contributed by atoms with Gasteiger partial charge in [-0.05, 0) is 65.7 Å². The first-order valence-corrected chi connectivity index (χ1v) is 10.4. The molecule has 0 aliphatic rings. The molecule has 0 spiro atoms. The number of fused-ring (bicyclic) bond motifs is 2. The molecule has 0 saturated carbocycles. The lowest BCUT2D eigenvalue weighted by atomic mass is 10.1.